The van der Waals surface area contributed by atoms with Gasteiger partial charge in [0.05, 0.1) is 20.6 Å². The van der Waals surface area contributed by atoms with Crippen molar-refractivity contribution in [1.82, 2.24) is 5.43 Å². The van der Waals surface area contributed by atoms with E-state index in [-0.39, 0.29) is 5.91 Å². The molecule has 0 radical (unpaired) electrons. The number of hydrogen-bond acceptors (Lipinski definition) is 2. The second-order valence-electron chi connectivity index (χ2n) is 7.27. The quantitative estimate of drug-likeness (QED) is 0.159. The first-order chi connectivity index (χ1) is 10.5. The van der Waals surface area contributed by atoms with Crippen molar-refractivity contribution >= 4 is 5.91 Å². The van der Waals surface area contributed by atoms with Crippen LogP contribution in [0.4, 0.5) is 0 Å². The molecule has 0 aliphatic heterocycles. The normalized spacial score (nSPS) is 11.6. The fraction of sp³-hybridized carbons (Fsp3) is 0.944. The van der Waals surface area contributed by atoms with Crippen LogP contribution in [-0.2, 0) is 4.79 Å². The number of nitrogens with one attached hydrogen (secondary N) is 1. The van der Waals surface area contributed by atoms with Gasteiger partial charge in [-0.05, 0) is 12.8 Å². The lowest BCUT2D eigenvalue weighted by Crippen LogP contribution is -2.49. The van der Waals surface area contributed by atoms with Crippen LogP contribution in [0.1, 0.15) is 84.0 Å². The average Bonchev–Trinajstić information content (AvgIpc) is 2.47. The molecule has 132 valence electrons. The maximum Gasteiger partial charge on any atom is 0.289 e. The van der Waals surface area contributed by atoms with Crippen LogP contribution >= 0.6 is 0 Å². The van der Waals surface area contributed by atoms with Crippen LogP contribution in [0, 0.1) is 0 Å². The summed E-state index contributed by atoms with van der Waals surface area (Å²) in [5.41, 5.74) is 2.21. The molecule has 0 aliphatic rings. The van der Waals surface area contributed by atoms with Gasteiger partial charge in [-0.2, -0.15) is 0 Å². The Labute approximate surface area is 138 Å². The van der Waals surface area contributed by atoms with Gasteiger partial charge < -0.3 is 4.48 Å². The highest BCUT2D eigenvalue weighted by Crippen LogP contribution is 2.12. The van der Waals surface area contributed by atoms with Gasteiger partial charge in [-0.1, -0.05) is 71.1 Å². The fourth-order valence-corrected chi connectivity index (χ4v) is 2.89. The number of unbranched alkanes of at least 4 members (excludes halogenated alkanes) is 11. The Morgan fingerprint density at radius 3 is 1.64 bits per heavy atom. The van der Waals surface area contributed by atoms with Crippen molar-refractivity contribution in [2.75, 3.05) is 27.2 Å². The third kappa shape index (κ3) is 14.3. The summed E-state index contributed by atoms with van der Waals surface area (Å²) in [7, 11) is 4.18. The van der Waals surface area contributed by atoms with E-state index in [9.17, 15) is 4.79 Å². The molecule has 1 amide bonds. The Morgan fingerprint density at radius 1 is 0.818 bits per heavy atom. The number of hydrazine groups is 1. The molecule has 0 saturated carbocycles. The Kier molecular flexibility index (Phi) is 13.6. The minimum atomic E-state index is -0.0797. The second-order valence-corrected chi connectivity index (χ2v) is 7.27. The minimum absolute atomic E-state index is 0.0797. The molecule has 4 nitrogen and oxygen atoms in total. The molecular formula is C18H40N3O+. The Balaban J connectivity index is 3.31. The lowest BCUT2D eigenvalue weighted by atomic mass is 10.1. The molecule has 0 atom stereocenters. The van der Waals surface area contributed by atoms with Gasteiger partial charge in [0.1, 0.15) is 0 Å². The van der Waals surface area contributed by atoms with Gasteiger partial charge in [0, 0.05) is 0 Å². The summed E-state index contributed by atoms with van der Waals surface area (Å²) in [6, 6.07) is 0. The van der Waals surface area contributed by atoms with Gasteiger partial charge in [-0.15, -0.1) is 0 Å². The van der Waals surface area contributed by atoms with E-state index in [0.29, 0.717) is 6.54 Å². The van der Waals surface area contributed by atoms with E-state index < -0.39 is 0 Å². The first kappa shape index (κ1) is 21.4. The number of likely N-dealkylation sites (N-methyl/N-ethyl adjacent to an activating group) is 1. The monoisotopic (exact) mass is 314 g/mol. The van der Waals surface area contributed by atoms with Crippen molar-refractivity contribution < 1.29 is 9.28 Å². The molecule has 0 aromatic carbocycles. The molecule has 0 aromatic heterocycles. The van der Waals surface area contributed by atoms with E-state index in [0.717, 1.165) is 11.0 Å². The second kappa shape index (κ2) is 14.0. The lowest BCUT2D eigenvalue weighted by molar-refractivity contribution is -0.882. The number of hydrogen-bond donors (Lipinski definition) is 2. The Morgan fingerprint density at radius 2 is 1.23 bits per heavy atom. The van der Waals surface area contributed by atoms with E-state index in [1.807, 2.05) is 0 Å². The molecule has 0 rings (SSSR count). The molecule has 3 N–H and O–H groups in total. The summed E-state index contributed by atoms with van der Waals surface area (Å²) in [5.74, 6) is 5.06. The van der Waals surface area contributed by atoms with E-state index in [2.05, 4.69) is 26.4 Å². The molecule has 0 heterocycles. The van der Waals surface area contributed by atoms with Crippen molar-refractivity contribution in [3.8, 4) is 0 Å². The van der Waals surface area contributed by atoms with Gasteiger partial charge in [-0.25, -0.2) is 5.84 Å². The third-order valence-electron chi connectivity index (χ3n) is 4.35. The first-order valence-corrected chi connectivity index (χ1v) is 9.33. The standard InChI is InChI=1S/C18H39N3O/c1-4-5-6-7-8-9-10-11-12-13-14-15-16-21(2,3)17-18(22)20-19/h4-17,19H2,1-3H3/p+1. The minimum Gasteiger partial charge on any atom is -0.321 e. The van der Waals surface area contributed by atoms with Gasteiger partial charge in [-0.3, -0.25) is 10.2 Å². The number of rotatable bonds is 15. The molecule has 0 aromatic rings. The van der Waals surface area contributed by atoms with E-state index >= 15 is 0 Å². The Hall–Kier alpha value is -0.610. The molecule has 22 heavy (non-hydrogen) atoms. The van der Waals surface area contributed by atoms with Crippen LogP contribution in [0.2, 0.25) is 0 Å². The smallest absolute Gasteiger partial charge is 0.289 e. The molecular weight excluding hydrogens is 274 g/mol. The number of nitrogens with two attached hydrogens (primary N) is 1. The van der Waals surface area contributed by atoms with Crippen LogP contribution in [0.5, 0.6) is 0 Å². The van der Waals surface area contributed by atoms with E-state index in [4.69, 9.17) is 5.84 Å². The zero-order valence-corrected chi connectivity index (χ0v) is 15.3. The lowest BCUT2D eigenvalue weighted by Gasteiger charge is -2.28. The van der Waals surface area contributed by atoms with Gasteiger partial charge in [0.15, 0.2) is 6.54 Å². The maximum atomic E-state index is 11.3. The van der Waals surface area contributed by atoms with Gasteiger partial charge in [0.2, 0.25) is 0 Å². The van der Waals surface area contributed by atoms with Crippen LogP contribution in [0.15, 0.2) is 0 Å². The zero-order chi connectivity index (χ0) is 16.7. The highest BCUT2D eigenvalue weighted by Gasteiger charge is 2.18. The largest absolute Gasteiger partial charge is 0.321 e. The molecule has 0 fully saturated rings. The van der Waals surface area contributed by atoms with Crippen molar-refractivity contribution in [2.45, 2.75) is 84.0 Å². The zero-order valence-electron chi connectivity index (χ0n) is 15.3. The van der Waals surface area contributed by atoms with Crippen LogP contribution in [0.3, 0.4) is 0 Å². The maximum absolute atomic E-state index is 11.3. The number of quaternary nitrogens is 1. The Bertz CT molecular complexity index is 267. The topological polar surface area (TPSA) is 55.1 Å². The van der Waals surface area contributed by atoms with Gasteiger partial charge >= 0.3 is 0 Å². The summed E-state index contributed by atoms with van der Waals surface area (Å²) in [6.07, 6.45) is 16.4. The number of amides is 1. The first-order valence-electron chi connectivity index (χ1n) is 9.33. The van der Waals surface area contributed by atoms with E-state index in [1.165, 1.54) is 77.0 Å². The number of nitrogens with zero attached hydrogens (tertiary/aromatic N) is 1. The van der Waals surface area contributed by atoms with Crippen LogP contribution in [-0.4, -0.2) is 37.6 Å². The van der Waals surface area contributed by atoms with Crippen molar-refractivity contribution in [3.63, 3.8) is 0 Å². The summed E-state index contributed by atoms with van der Waals surface area (Å²) in [5, 5.41) is 0. The number of carbonyl (C=O) groups excluding carboxylic acids is 1. The molecule has 4 heteroatoms. The highest BCUT2D eigenvalue weighted by atomic mass is 16.2. The predicted octanol–water partition coefficient (Wildman–Crippen LogP) is 3.75. The van der Waals surface area contributed by atoms with E-state index in [1.54, 1.807) is 0 Å². The van der Waals surface area contributed by atoms with Crippen molar-refractivity contribution in [1.29, 1.82) is 0 Å². The molecule has 0 aliphatic carbocycles. The fourth-order valence-electron chi connectivity index (χ4n) is 2.89. The SMILES string of the molecule is CCCCCCCCCCCCCC[N+](C)(C)CC(=O)NN. The summed E-state index contributed by atoms with van der Waals surface area (Å²) in [4.78, 5) is 11.3. The summed E-state index contributed by atoms with van der Waals surface area (Å²) >= 11 is 0. The van der Waals surface area contributed by atoms with Crippen molar-refractivity contribution in [2.24, 2.45) is 5.84 Å². The predicted molar refractivity (Wildman–Crippen MR) is 95.3 cm³/mol. The van der Waals surface area contributed by atoms with Gasteiger partial charge in [0.25, 0.3) is 5.91 Å². The van der Waals surface area contributed by atoms with Crippen LogP contribution in [0.25, 0.3) is 0 Å². The van der Waals surface area contributed by atoms with Crippen molar-refractivity contribution in [3.05, 3.63) is 0 Å². The molecule has 0 saturated heterocycles. The summed E-state index contributed by atoms with van der Waals surface area (Å²) in [6.45, 7) is 3.78. The summed E-state index contributed by atoms with van der Waals surface area (Å²) < 4.78 is 0.723. The average molecular weight is 315 g/mol. The molecule has 0 unspecified atom stereocenters. The highest BCUT2D eigenvalue weighted by molar-refractivity contribution is 5.76. The molecule has 0 spiro atoms. The van der Waals surface area contributed by atoms with Crippen LogP contribution < -0.4 is 11.3 Å². The third-order valence-corrected chi connectivity index (χ3v) is 4.35. The number of carbonyl (C=O) groups is 1. The molecule has 0 bridgehead atoms.